The Morgan fingerprint density at radius 3 is 3.00 bits per heavy atom. The normalized spacial score (nSPS) is 11.1. The van der Waals surface area contributed by atoms with Crippen LogP contribution in [0, 0.1) is 6.92 Å². The van der Waals surface area contributed by atoms with Gasteiger partial charge < -0.3 is 4.74 Å². The average Bonchev–Trinajstić information content (AvgIpc) is 3.16. The lowest BCUT2D eigenvalue weighted by molar-refractivity contribution is 0.407. The number of thiazole rings is 1. The second-order valence-electron chi connectivity index (χ2n) is 5.09. The van der Waals surface area contributed by atoms with E-state index in [9.17, 15) is 0 Å². The van der Waals surface area contributed by atoms with E-state index < -0.39 is 0 Å². The molecule has 0 saturated heterocycles. The molecule has 0 unspecified atom stereocenters. The number of methoxy groups -OCH3 is 1. The highest BCUT2D eigenvalue weighted by Crippen LogP contribution is 2.21. The molecule has 2 heterocycles. The maximum absolute atomic E-state index is 5.43. The number of hydrogen-bond acceptors (Lipinski definition) is 6. The van der Waals surface area contributed by atoms with Crippen LogP contribution in [0.4, 0.5) is 5.13 Å². The van der Waals surface area contributed by atoms with E-state index in [1.54, 1.807) is 19.5 Å². The molecule has 1 N–H and O–H groups in total. The monoisotopic (exact) mass is 405 g/mol. The van der Waals surface area contributed by atoms with Crippen molar-refractivity contribution in [3.05, 3.63) is 57.3 Å². The number of benzene rings is 1. The average molecular weight is 406 g/mol. The molecule has 0 amide bonds. The number of aryl methyl sites for hydroxylation is 1. The Kier molecular flexibility index (Phi) is 5.27. The van der Waals surface area contributed by atoms with Crippen LogP contribution in [-0.2, 0) is 6.54 Å². The third kappa shape index (κ3) is 4.21. The summed E-state index contributed by atoms with van der Waals surface area (Å²) in [4.78, 5) is 4.30. The van der Waals surface area contributed by atoms with Crippen LogP contribution in [0.2, 0.25) is 0 Å². The van der Waals surface area contributed by atoms with Crippen LogP contribution in [0.1, 0.15) is 16.8 Å². The van der Waals surface area contributed by atoms with Gasteiger partial charge in [-0.25, -0.2) is 4.98 Å². The van der Waals surface area contributed by atoms with Crippen LogP contribution in [0.3, 0.4) is 0 Å². The summed E-state index contributed by atoms with van der Waals surface area (Å²) < 4.78 is 8.23. The topological polar surface area (TPSA) is 64.3 Å². The molecule has 0 aliphatic carbocycles. The number of aromatic nitrogens is 3. The quantitative estimate of drug-likeness (QED) is 0.498. The molecule has 2 aromatic heterocycles. The number of rotatable bonds is 6. The molecule has 0 spiro atoms. The van der Waals surface area contributed by atoms with Crippen molar-refractivity contribution in [3.8, 4) is 5.75 Å². The Morgan fingerprint density at radius 2 is 2.33 bits per heavy atom. The van der Waals surface area contributed by atoms with Crippen molar-refractivity contribution in [1.82, 2.24) is 14.8 Å². The van der Waals surface area contributed by atoms with E-state index in [-0.39, 0.29) is 0 Å². The Morgan fingerprint density at radius 1 is 1.46 bits per heavy atom. The van der Waals surface area contributed by atoms with Crippen molar-refractivity contribution in [1.29, 1.82) is 0 Å². The first-order chi connectivity index (χ1) is 11.6. The number of nitrogens with one attached hydrogen (secondary N) is 1. The highest BCUT2D eigenvalue weighted by atomic mass is 79.9. The van der Waals surface area contributed by atoms with E-state index in [0.29, 0.717) is 6.54 Å². The first kappa shape index (κ1) is 16.7. The summed E-state index contributed by atoms with van der Waals surface area (Å²) in [5.74, 6) is 0.822. The molecular weight excluding hydrogens is 390 g/mol. The molecule has 8 heteroatoms. The fourth-order valence-electron chi connectivity index (χ4n) is 2.17. The number of nitrogens with zero attached hydrogens (tertiary/aromatic N) is 4. The lowest BCUT2D eigenvalue weighted by Gasteiger charge is -2.09. The van der Waals surface area contributed by atoms with E-state index in [2.05, 4.69) is 36.5 Å². The zero-order valence-corrected chi connectivity index (χ0v) is 15.6. The molecule has 3 rings (SSSR count). The Hall–Kier alpha value is -2.19. The minimum atomic E-state index is 0.621. The first-order valence-electron chi connectivity index (χ1n) is 7.20. The molecule has 0 radical (unpaired) electrons. The molecule has 124 valence electrons. The van der Waals surface area contributed by atoms with E-state index in [1.807, 2.05) is 41.4 Å². The largest absolute Gasteiger partial charge is 0.496 e. The summed E-state index contributed by atoms with van der Waals surface area (Å²) in [6.45, 7) is 2.57. The standard InChI is InChI=1S/C16H16BrN5OS/c1-11-10-24-16(20-11)21-18-6-12-3-4-15(23-2)13(5-12)8-22-9-14(17)7-19-22/h3-7,9-10H,8H2,1-2H3,(H,20,21). The van der Waals surface area contributed by atoms with Crippen molar-refractivity contribution in [3.63, 3.8) is 0 Å². The first-order valence-corrected chi connectivity index (χ1v) is 8.87. The summed E-state index contributed by atoms with van der Waals surface area (Å²) >= 11 is 4.93. The number of hydrogen-bond donors (Lipinski definition) is 1. The lowest BCUT2D eigenvalue weighted by Crippen LogP contribution is -2.03. The Bertz CT molecular complexity index is 858. The van der Waals surface area contributed by atoms with Gasteiger partial charge >= 0.3 is 0 Å². The maximum atomic E-state index is 5.43. The predicted molar refractivity (Wildman–Crippen MR) is 100 cm³/mol. The molecule has 0 aliphatic rings. The molecule has 3 aromatic rings. The number of anilines is 1. The van der Waals surface area contributed by atoms with Crippen molar-refractivity contribution in [2.24, 2.45) is 5.10 Å². The third-order valence-corrected chi connectivity index (χ3v) is 4.51. The van der Waals surface area contributed by atoms with Gasteiger partial charge in [0.05, 0.1) is 36.2 Å². The molecule has 0 saturated carbocycles. The van der Waals surface area contributed by atoms with Gasteiger partial charge in [0.15, 0.2) is 0 Å². The van der Waals surface area contributed by atoms with Crippen molar-refractivity contribution in [2.75, 3.05) is 12.5 Å². The number of ether oxygens (including phenoxy) is 1. The van der Waals surface area contributed by atoms with E-state index in [1.165, 1.54) is 11.3 Å². The fraction of sp³-hybridized carbons (Fsp3) is 0.188. The van der Waals surface area contributed by atoms with Crippen LogP contribution in [0.25, 0.3) is 0 Å². The highest BCUT2D eigenvalue weighted by molar-refractivity contribution is 9.10. The van der Waals surface area contributed by atoms with Gasteiger partial charge in [-0.05, 0) is 46.6 Å². The summed E-state index contributed by atoms with van der Waals surface area (Å²) in [7, 11) is 1.66. The van der Waals surface area contributed by atoms with Crippen LogP contribution in [-0.4, -0.2) is 28.1 Å². The number of hydrazone groups is 1. The zero-order valence-electron chi connectivity index (χ0n) is 13.2. The molecule has 0 aliphatic heterocycles. The van der Waals surface area contributed by atoms with Gasteiger partial charge in [-0.1, -0.05) is 0 Å². The minimum absolute atomic E-state index is 0.621. The van der Waals surface area contributed by atoms with Crippen molar-refractivity contribution < 1.29 is 4.74 Å². The molecular formula is C16H16BrN5OS. The molecule has 24 heavy (non-hydrogen) atoms. The zero-order chi connectivity index (χ0) is 16.9. The van der Waals surface area contributed by atoms with E-state index >= 15 is 0 Å². The highest BCUT2D eigenvalue weighted by Gasteiger charge is 2.06. The lowest BCUT2D eigenvalue weighted by atomic mass is 10.1. The van der Waals surface area contributed by atoms with Gasteiger partial charge in [-0.15, -0.1) is 11.3 Å². The molecule has 0 fully saturated rings. The second-order valence-corrected chi connectivity index (χ2v) is 6.87. The van der Waals surface area contributed by atoms with Crippen LogP contribution in [0.5, 0.6) is 5.75 Å². The Labute approximate surface area is 152 Å². The molecule has 0 bridgehead atoms. The predicted octanol–water partition coefficient (Wildman–Crippen LogP) is 3.91. The molecule has 6 nitrogen and oxygen atoms in total. The van der Waals surface area contributed by atoms with Gasteiger partial charge in [-0.3, -0.25) is 10.1 Å². The van der Waals surface area contributed by atoms with Gasteiger partial charge in [0, 0.05) is 17.1 Å². The fourth-order valence-corrected chi connectivity index (χ4v) is 3.13. The summed E-state index contributed by atoms with van der Waals surface area (Å²) in [5.41, 5.74) is 5.92. The Balaban J connectivity index is 1.75. The summed E-state index contributed by atoms with van der Waals surface area (Å²) in [6.07, 6.45) is 5.45. The summed E-state index contributed by atoms with van der Waals surface area (Å²) in [5, 5.41) is 11.3. The third-order valence-electron chi connectivity index (χ3n) is 3.23. The van der Waals surface area contributed by atoms with Crippen LogP contribution < -0.4 is 10.2 Å². The molecule has 0 atom stereocenters. The molecule has 1 aromatic carbocycles. The van der Waals surface area contributed by atoms with Crippen LogP contribution in [0.15, 0.2) is 45.5 Å². The van der Waals surface area contributed by atoms with Gasteiger partial charge in [0.1, 0.15) is 5.75 Å². The smallest absolute Gasteiger partial charge is 0.203 e. The van der Waals surface area contributed by atoms with Crippen LogP contribution >= 0.6 is 27.3 Å². The second kappa shape index (κ2) is 7.59. The van der Waals surface area contributed by atoms with Gasteiger partial charge in [-0.2, -0.15) is 10.2 Å². The number of halogens is 1. The van der Waals surface area contributed by atoms with E-state index in [4.69, 9.17) is 4.74 Å². The van der Waals surface area contributed by atoms with Crippen molar-refractivity contribution in [2.45, 2.75) is 13.5 Å². The summed E-state index contributed by atoms with van der Waals surface area (Å²) in [6, 6.07) is 5.93. The van der Waals surface area contributed by atoms with Gasteiger partial charge in [0.25, 0.3) is 0 Å². The van der Waals surface area contributed by atoms with Crippen molar-refractivity contribution >= 4 is 38.6 Å². The SMILES string of the molecule is COc1ccc(C=NNc2nc(C)cs2)cc1Cn1cc(Br)cn1. The van der Waals surface area contributed by atoms with Gasteiger partial charge in [0.2, 0.25) is 5.13 Å². The maximum Gasteiger partial charge on any atom is 0.203 e. The minimum Gasteiger partial charge on any atom is -0.496 e. The van der Waals surface area contributed by atoms with E-state index in [0.717, 1.165) is 32.2 Å².